The van der Waals surface area contributed by atoms with Crippen molar-refractivity contribution in [3.05, 3.63) is 49.6 Å². The Hall–Kier alpha value is -0.260. The van der Waals surface area contributed by atoms with E-state index in [1.807, 2.05) is 70.6 Å². The Bertz CT molecular complexity index is 838. The van der Waals surface area contributed by atoms with Gasteiger partial charge in [-0.05, 0) is 36.1 Å². The highest BCUT2D eigenvalue weighted by Crippen LogP contribution is 2.46. The number of hydrogen-bond acceptors (Lipinski definition) is 10. The van der Waals surface area contributed by atoms with Gasteiger partial charge in [-0.2, -0.15) is 0 Å². The third-order valence-electron chi connectivity index (χ3n) is 6.27. The van der Waals surface area contributed by atoms with Crippen molar-refractivity contribution in [2.24, 2.45) is 11.8 Å². The van der Waals surface area contributed by atoms with E-state index in [0.717, 1.165) is 35.9 Å². The van der Waals surface area contributed by atoms with Crippen LogP contribution in [0.25, 0.3) is 0 Å². The molecule has 2 heterocycles. The van der Waals surface area contributed by atoms with Crippen molar-refractivity contribution >= 4 is 82.5 Å². The molecule has 0 aromatic heterocycles. The van der Waals surface area contributed by atoms with Crippen LogP contribution in [-0.4, -0.2) is 67.8 Å². The number of carbonyl (C=O) groups excluding carboxylic acids is 2. The second kappa shape index (κ2) is 17.5. The molecule has 2 fully saturated rings. The van der Waals surface area contributed by atoms with Crippen LogP contribution >= 0.6 is 70.6 Å². The van der Waals surface area contributed by atoms with Crippen molar-refractivity contribution in [3.8, 4) is 0 Å². The molecular formula is C28H38O4S6. The smallest absolute Gasteiger partial charge is 0.330 e. The van der Waals surface area contributed by atoms with E-state index >= 15 is 0 Å². The lowest BCUT2D eigenvalue weighted by Gasteiger charge is -2.21. The molecule has 2 saturated heterocycles. The van der Waals surface area contributed by atoms with Crippen molar-refractivity contribution in [2.75, 3.05) is 36.2 Å². The summed E-state index contributed by atoms with van der Waals surface area (Å²) in [7, 11) is 0. The van der Waals surface area contributed by atoms with Crippen LogP contribution in [0.2, 0.25) is 0 Å². The predicted molar refractivity (Wildman–Crippen MR) is 173 cm³/mol. The van der Waals surface area contributed by atoms with Crippen molar-refractivity contribution < 1.29 is 19.1 Å². The van der Waals surface area contributed by atoms with E-state index in [1.54, 1.807) is 0 Å². The Kier molecular flexibility index (Phi) is 14.9. The molecule has 0 spiro atoms. The van der Waals surface area contributed by atoms with E-state index in [2.05, 4.69) is 51.3 Å². The van der Waals surface area contributed by atoms with E-state index in [0.29, 0.717) is 44.7 Å². The number of rotatable bonds is 16. The summed E-state index contributed by atoms with van der Waals surface area (Å²) in [6.45, 7) is 12.4. The first-order valence-electron chi connectivity index (χ1n) is 12.9. The second-order valence-electron chi connectivity index (χ2n) is 9.02. The van der Waals surface area contributed by atoms with E-state index in [1.165, 1.54) is 21.9 Å². The molecule has 210 valence electrons. The Morgan fingerprint density at radius 2 is 1.24 bits per heavy atom. The molecule has 4 nitrogen and oxygen atoms in total. The van der Waals surface area contributed by atoms with Gasteiger partial charge in [0.1, 0.15) is 13.2 Å². The fraction of sp³-hybridized carbons (Fsp3) is 0.571. The third kappa shape index (κ3) is 10.6. The third-order valence-corrected chi connectivity index (χ3v) is 15.9. The van der Waals surface area contributed by atoms with E-state index in [-0.39, 0.29) is 11.9 Å². The van der Waals surface area contributed by atoms with Crippen molar-refractivity contribution in [1.82, 2.24) is 0 Å². The van der Waals surface area contributed by atoms with Gasteiger partial charge in [0.15, 0.2) is 0 Å². The molecule has 1 aromatic carbocycles. The van der Waals surface area contributed by atoms with Gasteiger partial charge in [-0.25, -0.2) is 9.59 Å². The first-order chi connectivity index (χ1) is 18.4. The summed E-state index contributed by atoms with van der Waals surface area (Å²) in [6.07, 6.45) is 4.77. The molecule has 6 atom stereocenters. The van der Waals surface area contributed by atoms with Gasteiger partial charge in [0.05, 0.1) is 9.16 Å². The van der Waals surface area contributed by atoms with E-state index < -0.39 is 0 Å². The summed E-state index contributed by atoms with van der Waals surface area (Å²) in [5.41, 5.74) is 0. The number of benzene rings is 1. The Balaban J connectivity index is 1.39. The van der Waals surface area contributed by atoms with Gasteiger partial charge in [0, 0.05) is 55.5 Å². The van der Waals surface area contributed by atoms with Crippen LogP contribution in [0.4, 0.5) is 0 Å². The van der Waals surface area contributed by atoms with Crippen molar-refractivity contribution in [3.63, 3.8) is 0 Å². The molecule has 1 aromatic rings. The lowest BCUT2D eigenvalue weighted by molar-refractivity contribution is -0.138. The standard InChI is InChI=1S/C28H38O4S6/c1-5-19(27-35-17-23(37-27)13-31-25(29)7-3)15-33-21-9-11-22(12-10-21)34-16-20(6-2)28-36-18-24(38-28)14-32-26(30)8-4/h7-12,19-20,23-24,27-28H,3-6,13-18H2,1-2H3. The minimum atomic E-state index is -0.331. The lowest BCUT2D eigenvalue weighted by atomic mass is 10.1. The van der Waals surface area contributed by atoms with Crippen molar-refractivity contribution in [1.29, 1.82) is 0 Å². The highest BCUT2D eigenvalue weighted by Gasteiger charge is 2.33. The van der Waals surface area contributed by atoms with Gasteiger partial charge in [0.25, 0.3) is 0 Å². The minimum Gasteiger partial charge on any atom is -0.461 e. The van der Waals surface area contributed by atoms with Gasteiger partial charge in [0.2, 0.25) is 0 Å². The molecule has 3 rings (SSSR count). The average Bonchev–Trinajstić information content (AvgIpc) is 3.62. The summed E-state index contributed by atoms with van der Waals surface area (Å²) in [5.74, 6) is 4.86. The zero-order valence-corrected chi connectivity index (χ0v) is 27.0. The Morgan fingerprint density at radius 3 is 1.58 bits per heavy atom. The largest absolute Gasteiger partial charge is 0.461 e. The first kappa shape index (κ1) is 32.3. The summed E-state index contributed by atoms with van der Waals surface area (Å²) in [4.78, 5) is 25.4. The van der Waals surface area contributed by atoms with Crippen LogP contribution in [0, 0.1) is 11.8 Å². The van der Waals surface area contributed by atoms with Gasteiger partial charge < -0.3 is 9.47 Å². The number of thioether (sulfide) groups is 6. The fourth-order valence-electron chi connectivity index (χ4n) is 3.89. The molecule has 0 amide bonds. The molecule has 0 radical (unpaired) electrons. The zero-order valence-electron chi connectivity index (χ0n) is 22.1. The summed E-state index contributed by atoms with van der Waals surface area (Å²) < 4.78 is 11.6. The highest BCUT2D eigenvalue weighted by atomic mass is 32.2. The monoisotopic (exact) mass is 630 g/mol. The van der Waals surface area contributed by atoms with Crippen LogP contribution in [-0.2, 0) is 19.1 Å². The maximum atomic E-state index is 11.4. The molecule has 2 aliphatic rings. The Labute approximate surface area is 253 Å². The molecule has 0 aliphatic carbocycles. The molecule has 10 heteroatoms. The maximum Gasteiger partial charge on any atom is 0.330 e. The van der Waals surface area contributed by atoms with Gasteiger partial charge in [-0.1, -0.05) is 39.8 Å². The van der Waals surface area contributed by atoms with E-state index in [9.17, 15) is 9.59 Å². The molecule has 38 heavy (non-hydrogen) atoms. The van der Waals surface area contributed by atoms with Crippen LogP contribution in [0.3, 0.4) is 0 Å². The number of esters is 2. The van der Waals surface area contributed by atoms with Gasteiger partial charge in [-0.3, -0.25) is 0 Å². The number of ether oxygens (including phenoxy) is 2. The molecule has 0 saturated carbocycles. The number of hydrogen-bond donors (Lipinski definition) is 0. The van der Waals surface area contributed by atoms with Crippen molar-refractivity contribution in [2.45, 2.75) is 56.1 Å². The summed E-state index contributed by atoms with van der Waals surface area (Å²) in [5, 5.41) is 0.746. The second-order valence-corrected chi connectivity index (χ2v) is 17.0. The number of carbonyl (C=O) groups is 2. The molecule has 2 aliphatic heterocycles. The highest BCUT2D eigenvalue weighted by molar-refractivity contribution is 8.21. The molecule has 0 N–H and O–H groups in total. The molecule has 0 bridgehead atoms. The zero-order chi connectivity index (χ0) is 27.3. The lowest BCUT2D eigenvalue weighted by Crippen LogP contribution is -2.17. The molecule has 6 unspecified atom stereocenters. The molecular weight excluding hydrogens is 593 g/mol. The Morgan fingerprint density at radius 1 is 0.842 bits per heavy atom. The van der Waals surface area contributed by atoms with E-state index in [4.69, 9.17) is 9.47 Å². The maximum absolute atomic E-state index is 11.4. The topological polar surface area (TPSA) is 52.6 Å². The van der Waals surface area contributed by atoms with Crippen LogP contribution in [0.1, 0.15) is 26.7 Å². The fourth-order valence-corrected chi connectivity index (χ4v) is 14.0. The quantitative estimate of drug-likeness (QED) is 0.103. The SMILES string of the molecule is C=CC(=O)OCC1CSC(C(CC)CSc2ccc(SCC(CC)C3SCC(COC(=O)C=C)S3)cc2)S1. The van der Waals surface area contributed by atoms with Crippen LogP contribution in [0.15, 0.2) is 59.4 Å². The summed E-state index contributed by atoms with van der Waals surface area (Å²) >= 11 is 11.8. The normalized spacial score (nSPS) is 24.5. The summed E-state index contributed by atoms with van der Waals surface area (Å²) in [6, 6.07) is 9.04. The van der Waals surface area contributed by atoms with Gasteiger partial charge in [-0.15, -0.1) is 70.6 Å². The van der Waals surface area contributed by atoms with Gasteiger partial charge >= 0.3 is 11.9 Å². The predicted octanol–water partition coefficient (Wildman–Crippen LogP) is 7.73. The van der Waals surface area contributed by atoms with Crippen LogP contribution in [0.5, 0.6) is 0 Å². The van der Waals surface area contributed by atoms with Crippen LogP contribution < -0.4 is 0 Å². The first-order valence-corrected chi connectivity index (χ1v) is 18.9. The average molecular weight is 631 g/mol. The minimum absolute atomic E-state index is 0.331.